The van der Waals surface area contributed by atoms with Crippen LogP contribution >= 0.6 is 0 Å². The Morgan fingerprint density at radius 3 is 2.05 bits per heavy atom. The first-order valence-electron chi connectivity index (χ1n) is 12.4. The van der Waals surface area contributed by atoms with Crippen LogP contribution in [0.4, 0.5) is 9.59 Å². The molecule has 0 aliphatic rings. The standard InChI is InChI=1S/C28H36N2O8/c1-28(2,3)38-27(35)30-23(25(33)36-18-22-14-12-20(13-15-22)17-24(31)32)11-7-8-16-29-26(34)37-19-21-9-5-4-6-10-21/h4-6,9-10,12-15,23H,7-8,11,16-19H2,1-3H3,(H,29,34)(H,30,35)(H,31,32)/t23-/m0/s1. The molecule has 0 fully saturated rings. The number of carbonyl (C=O) groups excluding carboxylic acids is 3. The molecule has 2 amide bonds. The van der Waals surface area contributed by atoms with E-state index in [1.807, 2.05) is 30.3 Å². The normalized spacial score (nSPS) is 11.7. The average molecular weight is 529 g/mol. The highest BCUT2D eigenvalue weighted by Gasteiger charge is 2.25. The fourth-order valence-corrected chi connectivity index (χ4v) is 3.32. The van der Waals surface area contributed by atoms with Gasteiger partial charge in [-0.3, -0.25) is 4.79 Å². The van der Waals surface area contributed by atoms with E-state index < -0.39 is 35.8 Å². The molecule has 3 N–H and O–H groups in total. The number of hydrogen-bond acceptors (Lipinski definition) is 7. The van der Waals surface area contributed by atoms with Crippen molar-refractivity contribution in [1.29, 1.82) is 0 Å². The SMILES string of the molecule is CC(C)(C)OC(=O)N[C@@H](CCCCNC(=O)OCc1ccccc1)C(=O)OCc1ccc(CC(=O)O)cc1. The average Bonchev–Trinajstić information content (AvgIpc) is 2.85. The fourth-order valence-electron chi connectivity index (χ4n) is 3.32. The van der Waals surface area contributed by atoms with Crippen molar-refractivity contribution in [1.82, 2.24) is 10.6 Å². The van der Waals surface area contributed by atoms with E-state index in [1.165, 1.54) is 0 Å². The molecule has 2 rings (SSSR count). The van der Waals surface area contributed by atoms with Crippen molar-refractivity contribution in [2.24, 2.45) is 0 Å². The van der Waals surface area contributed by atoms with Gasteiger partial charge in [-0.05, 0) is 56.7 Å². The molecule has 0 aromatic heterocycles. The highest BCUT2D eigenvalue weighted by atomic mass is 16.6. The van der Waals surface area contributed by atoms with Crippen molar-refractivity contribution in [3.63, 3.8) is 0 Å². The zero-order valence-electron chi connectivity index (χ0n) is 22.0. The Labute approximate surface area is 222 Å². The predicted octanol–water partition coefficient (Wildman–Crippen LogP) is 4.35. The van der Waals surface area contributed by atoms with Crippen LogP contribution in [0, 0.1) is 0 Å². The van der Waals surface area contributed by atoms with Gasteiger partial charge in [-0.1, -0.05) is 54.6 Å². The maximum Gasteiger partial charge on any atom is 0.408 e. The summed E-state index contributed by atoms with van der Waals surface area (Å²) >= 11 is 0. The van der Waals surface area contributed by atoms with Crippen LogP contribution in [0.5, 0.6) is 0 Å². The van der Waals surface area contributed by atoms with Gasteiger partial charge in [-0.2, -0.15) is 0 Å². The zero-order valence-corrected chi connectivity index (χ0v) is 22.0. The van der Waals surface area contributed by atoms with Gasteiger partial charge < -0.3 is 30.0 Å². The first kappa shape index (κ1) is 30.1. The fraction of sp³-hybridized carbons (Fsp3) is 0.429. The van der Waals surface area contributed by atoms with Gasteiger partial charge in [0.15, 0.2) is 0 Å². The summed E-state index contributed by atoms with van der Waals surface area (Å²) in [5, 5.41) is 14.1. The third kappa shape index (κ3) is 12.8. The number of esters is 1. The van der Waals surface area contributed by atoms with E-state index in [2.05, 4.69) is 10.6 Å². The monoisotopic (exact) mass is 528 g/mol. The van der Waals surface area contributed by atoms with E-state index in [-0.39, 0.29) is 26.1 Å². The summed E-state index contributed by atoms with van der Waals surface area (Å²) in [4.78, 5) is 47.7. The number of amides is 2. The maximum atomic E-state index is 12.8. The van der Waals surface area contributed by atoms with E-state index in [0.717, 1.165) is 5.56 Å². The molecule has 0 spiro atoms. The maximum absolute atomic E-state index is 12.8. The molecular weight excluding hydrogens is 492 g/mol. The lowest BCUT2D eigenvalue weighted by Gasteiger charge is -2.23. The van der Waals surface area contributed by atoms with Gasteiger partial charge >= 0.3 is 24.1 Å². The van der Waals surface area contributed by atoms with E-state index in [9.17, 15) is 19.2 Å². The molecule has 0 saturated carbocycles. The molecule has 0 saturated heterocycles. The number of nitrogens with one attached hydrogen (secondary N) is 2. The van der Waals surface area contributed by atoms with Gasteiger partial charge in [-0.15, -0.1) is 0 Å². The number of aliphatic carboxylic acids is 1. The molecule has 0 heterocycles. The molecule has 10 nitrogen and oxygen atoms in total. The predicted molar refractivity (Wildman–Crippen MR) is 139 cm³/mol. The van der Waals surface area contributed by atoms with Gasteiger partial charge in [-0.25, -0.2) is 14.4 Å². The second-order valence-corrected chi connectivity index (χ2v) is 9.68. The number of ether oxygens (including phenoxy) is 3. The minimum absolute atomic E-state index is 0.0342. The number of unbranched alkanes of at least 4 members (excludes halogenated alkanes) is 1. The molecule has 1 atom stereocenters. The number of alkyl carbamates (subject to hydrolysis) is 2. The molecule has 0 radical (unpaired) electrons. The molecule has 0 aliphatic heterocycles. The Hall–Kier alpha value is -4.08. The van der Waals surface area contributed by atoms with Gasteiger partial charge in [0.05, 0.1) is 6.42 Å². The summed E-state index contributed by atoms with van der Waals surface area (Å²) in [5.41, 5.74) is 1.46. The minimum atomic E-state index is -0.943. The molecule has 2 aromatic carbocycles. The first-order chi connectivity index (χ1) is 18.0. The molecular formula is C28H36N2O8. The third-order valence-corrected chi connectivity index (χ3v) is 5.14. The topological polar surface area (TPSA) is 140 Å². The summed E-state index contributed by atoms with van der Waals surface area (Å²) < 4.78 is 15.8. The zero-order chi connectivity index (χ0) is 28.0. The van der Waals surface area contributed by atoms with Crippen LogP contribution in [0.2, 0.25) is 0 Å². The summed E-state index contributed by atoms with van der Waals surface area (Å²) in [7, 11) is 0. The lowest BCUT2D eigenvalue weighted by atomic mass is 10.1. The van der Waals surface area contributed by atoms with Crippen LogP contribution in [0.25, 0.3) is 0 Å². The van der Waals surface area contributed by atoms with Crippen molar-refractivity contribution in [2.75, 3.05) is 6.54 Å². The molecule has 38 heavy (non-hydrogen) atoms. The van der Waals surface area contributed by atoms with E-state index in [4.69, 9.17) is 19.3 Å². The van der Waals surface area contributed by atoms with Crippen LogP contribution in [-0.4, -0.2) is 47.4 Å². The number of benzene rings is 2. The number of carboxylic acids is 1. The summed E-state index contributed by atoms with van der Waals surface area (Å²) in [6.07, 6.45) is -0.0344. The third-order valence-electron chi connectivity index (χ3n) is 5.14. The summed E-state index contributed by atoms with van der Waals surface area (Å²) in [6.45, 7) is 5.63. The lowest BCUT2D eigenvalue weighted by Crippen LogP contribution is -2.44. The highest BCUT2D eigenvalue weighted by Crippen LogP contribution is 2.11. The van der Waals surface area contributed by atoms with Crippen molar-refractivity contribution >= 4 is 24.1 Å². The van der Waals surface area contributed by atoms with Gasteiger partial charge in [0.2, 0.25) is 0 Å². The van der Waals surface area contributed by atoms with Crippen molar-refractivity contribution in [2.45, 2.75) is 71.3 Å². The first-order valence-corrected chi connectivity index (χ1v) is 12.4. The second-order valence-electron chi connectivity index (χ2n) is 9.68. The summed E-state index contributed by atoms with van der Waals surface area (Å²) in [6, 6.07) is 15.1. The molecule has 0 bridgehead atoms. The van der Waals surface area contributed by atoms with E-state index in [1.54, 1.807) is 45.0 Å². The molecule has 10 heteroatoms. The Balaban J connectivity index is 1.81. The van der Waals surface area contributed by atoms with Crippen molar-refractivity contribution < 1.29 is 38.5 Å². The Morgan fingerprint density at radius 1 is 0.816 bits per heavy atom. The number of hydrogen-bond donors (Lipinski definition) is 3. The molecule has 0 aliphatic carbocycles. The number of rotatable bonds is 13. The lowest BCUT2D eigenvalue weighted by molar-refractivity contribution is -0.147. The number of carboxylic acid groups (broad SMARTS) is 1. The summed E-state index contributed by atoms with van der Waals surface area (Å²) in [5.74, 6) is -1.56. The van der Waals surface area contributed by atoms with Gasteiger partial charge in [0.25, 0.3) is 0 Å². The number of carbonyl (C=O) groups is 4. The minimum Gasteiger partial charge on any atom is -0.481 e. The molecule has 0 unspecified atom stereocenters. The quantitative estimate of drug-likeness (QED) is 0.198. The van der Waals surface area contributed by atoms with Crippen molar-refractivity contribution in [3.05, 3.63) is 71.3 Å². The molecule has 206 valence electrons. The Morgan fingerprint density at radius 2 is 1.42 bits per heavy atom. The van der Waals surface area contributed by atoms with Crippen LogP contribution < -0.4 is 10.6 Å². The van der Waals surface area contributed by atoms with Crippen LogP contribution in [-0.2, 0) is 43.4 Å². The van der Waals surface area contributed by atoms with Crippen LogP contribution in [0.15, 0.2) is 54.6 Å². The van der Waals surface area contributed by atoms with Crippen molar-refractivity contribution in [3.8, 4) is 0 Å². The van der Waals surface area contributed by atoms with Gasteiger partial charge in [0.1, 0.15) is 24.9 Å². The molecule has 2 aromatic rings. The van der Waals surface area contributed by atoms with E-state index >= 15 is 0 Å². The largest absolute Gasteiger partial charge is 0.481 e. The Kier molecular flexibility index (Phi) is 12.1. The highest BCUT2D eigenvalue weighted by molar-refractivity contribution is 5.81. The smallest absolute Gasteiger partial charge is 0.408 e. The van der Waals surface area contributed by atoms with Crippen LogP contribution in [0.3, 0.4) is 0 Å². The second kappa shape index (κ2) is 15.2. The Bertz CT molecular complexity index is 1050. The van der Waals surface area contributed by atoms with E-state index in [0.29, 0.717) is 30.5 Å². The van der Waals surface area contributed by atoms with Crippen LogP contribution in [0.1, 0.15) is 56.7 Å². The van der Waals surface area contributed by atoms with Gasteiger partial charge in [0, 0.05) is 6.54 Å².